The van der Waals surface area contributed by atoms with Crippen LogP contribution >= 0.6 is 11.3 Å². The van der Waals surface area contributed by atoms with E-state index in [0.717, 1.165) is 24.2 Å². The van der Waals surface area contributed by atoms with Crippen molar-refractivity contribution < 1.29 is 18.3 Å². The minimum Gasteiger partial charge on any atom is -0.394 e. The van der Waals surface area contributed by atoms with Crippen molar-refractivity contribution in [2.24, 2.45) is 5.92 Å². The zero-order chi connectivity index (χ0) is 17.3. The van der Waals surface area contributed by atoms with Crippen LogP contribution in [-0.2, 0) is 10.0 Å². The van der Waals surface area contributed by atoms with Crippen LogP contribution in [0.5, 0.6) is 0 Å². The van der Waals surface area contributed by atoms with E-state index in [9.17, 15) is 18.3 Å². The monoisotopic (exact) mass is 360 g/mol. The lowest BCUT2D eigenvalue weighted by Crippen LogP contribution is -2.46. The van der Waals surface area contributed by atoms with Gasteiger partial charge in [-0.05, 0) is 38.7 Å². The fourth-order valence-electron chi connectivity index (χ4n) is 2.36. The highest BCUT2D eigenvalue weighted by atomic mass is 32.2. The van der Waals surface area contributed by atoms with Crippen molar-refractivity contribution in [3.05, 3.63) is 16.3 Å². The van der Waals surface area contributed by atoms with Gasteiger partial charge in [-0.2, -0.15) is 4.31 Å². The summed E-state index contributed by atoms with van der Waals surface area (Å²) in [5.74, 6) is 0.175. The molecule has 1 aromatic rings. The van der Waals surface area contributed by atoms with Gasteiger partial charge in [0.15, 0.2) is 0 Å². The van der Waals surface area contributed by atoms with Crippen LogP contribution < -0.4 is 5.32 Å². The lowest BCUT2D eigenvalue weighted by Gasteiger charge is -2.29. The van der Waals surface area contributed by atoms with Crippen molar-refractivity contribution in [2.45, 2.75) is 44.0 Å². The zero-order valence-corrected chi connectivity index (χ0v) is 15.3. The number of aliphatic hydroxyl groups excluding tert-OH is 1. The average Bonchev–Trinajstić information content (AvgIpc) is 2.98. The largest absolute Gasteiger partial charge is 0.394 e. The van der Waals surface area contributed by atoms with Crippen LogP contribution in [-0.4, -0.2) is 49.0 Å². The molecule has 2 N–H and O–H groups in total. The Morgan fingerprint density at radius 1 is 1.43 bits per heavy atom. The van der Waals surface area contributed by atoms with Gasteiger partial charge >= 0.3 is 0 Å². The minimum atomic E-state index is -3.53. The van der Waals surface area contributed by atoms with Gasteiger partial charge in [-0.25, -0.2) is 8.42 Å². The van der Waals surface area contributed by atoms with Crippen LogP contribution in [0, 0.1) is 5.92 Å². The second-order valence-electron chi connectivity index (χ2n) is 6.73. The summed E-state index contributed by atoms with van der Waals surface area (Å²) in [4.78, 5) is 12.7. The molecular formula is C15H24N2O4S2. The molecule has 1 aromatic heterocycles. The van der Waals surface area contributed by atoms with Crippen molar-refractivity contribution in [1.29, 1.82) is 0 Å². The Morgan fingerprint density at radius 3 is 2.61 bits per heavy atom. The van der Waals surface area contributed by atoms with E-state index in [1.165, 1.54) is 15.8 Å². The zero-order valence-electron chi connectivity index (χ0n) is 13.7. The van der Waals surface area contributed by atoms with E-state index in [1.54, 1.807) is 13.8 Å². The van der Waals surface area contributed by atoms with Crippen LogP contribution in [0.2, 0.25) is 0 Å². The molecule has 0 saturated carbocycles. The predicted octanol–water partition coefficient (Wildman–Crippen LogP) is 1.67. The second-order valence-corrected chi connectivity index (χ2v) is 9.58. The van der Waals surface area contributed by atoms with Gasteiger partial charge in [0.25, 0.3) is 5.91 Å². The highest BCUT2D eigenvalue weighted by Gasteiger charge is 2.30. The molecule has 2 heterocycles. The molecule has 1 aliphatic heterocycles. The Labute approximate surface area is 141 Å². The molecule has 6 nitrogen and oxygen atoms in total. The maximum atomic E-state index is 12.6. The van der Waals surface area contributed by atoms with Crippen LogP contribution in [0.25, 0.3) is 0 Å². The number of hydrogen-bond acceptors (Lipinski definition) is 5. The number of piperidine rings is 1. The quantitative estimate of drug-likeness (QED) is 0.836. The highest BCUT2D eigenvalue weighted by molar-refractivity contribution is 7.89. The fraction of sp³-hybridized carbons (Fsp3) is 0.667. The lowest BCUT2D eigenvalue weighted by molar-refractivity contribution is 0.0873. The van der Waals surface area contributed by atoms with E-state index >= 15 is 0 Å². The van der Waals surface area contributed by atoms with E-state index in [0.29, 0.717) is 23.9 Å². The summed E-state index contributed by atoms with van der Waals surface area (Å²) >= 11 is 1.10. The molecule has 1 aliphatic rings. The molecule has 2 rings (SSSR count). The van der Waals surface area contributed by atoms with Gasteiger partial charge in [0.05, 0.1) is 21.9 Å². The Morgan fingerprint density at radius 2 is 2.04 bits per heavy atom. The molecule has 0 radical (unpaired) electrons. The van der Waals surface area contributed by atoms with Gasteiger partial charge in [0.2, 0.25) is 10.0 Å². The Balaban J connectivity index is 2.13. The second kappa shape index (κ2) is 6.88. The van der Waals surface area contributed by atoms with E-state index in [1.807, 2.05) is 0 Å². The van der Waals surface area contributed by atoms with Crippen molar-refractivity contribution in [3.63, 3.8) is 0 Å². The molecule has 0 aliphatic carbocycles. The summed E-state index contributed by atoms with van der Waals surface area (Å²) in [6.45, 7) is 6.38. The molecule has 1 amide bonds. The van der Waals surface area contributed by atoms with E-state index in [2.05, 4.69) is 12.2 Å². The number of thiophene rings is 1. The maximum Gasteiger partial charge on any atom is 0.261 e. The Hall–Kier alpha value is -0.960. The normalized spacial score (nSPS) is 18.1. The number of carbonyl (C=O) groups excluding carboxylic acids is 1. The number of rotatable bonds is 5. The molecule has 23 heavy (non-hydrogen) atoms. The third-order valence-corrected chi connectivity index (χ3v) is 6.98. The van der Waals surface area contributed by atoms with Crippen LogP contribution in [0.1, 0.15) is 43.3 Å². The molecule has 0 bridgehead atoms. The summed E-state index contributed by atoms with van der Waals surface area (Å²) in [6, 6.07) is 1.42. The summed E-state index contributed by atoms with van der Waals surface area (Å²) < 4.78 is 26.8. The number of nitrogens with zero attached hydrogens (tertiary/aromatic N) is 1. The van der Waals surface area contributed by atoms with Crippen LogP contribution in [0.3, 0.4) is 0 Å². The number of nitrogens with one attached hydrogen (secondary N) is 1. The molecule has 130 valence electrons. The minimum absolute atomic E-state index is 0.170. The first-order chi connectivity index (χ1) is 10.7. The van der Waals surface area contributed by atoms with E-state index in [-0.39, 0.29) is 17.4 Å². The molecular weight excluding hydrogens is 336 g/mol. The lowest BCUT2D eigenvalue weighted by atomic mass is 10.0. The predicted molar refractivity (Wildman–Crippen MR) is 90.1 cm³/mol. The number of amides is 1. The third-order valence-electron chi connectivity index (χ3n) is 4.03. The number of aliphatic hydroxyl groups is 1. The van der Waals surface area contributed by atoms with Gasteiger partial charge in [-0.3, -0.25) is 4.79 Å². The number of hydrogen-bond donors (Lipinski definition) is 2. The third kappa shape index (κ3) is 4.32. The summed E-state index contributed by atoms with van der Waals surface area (Å²) in [5, 5.41) is 13.4. The summed E-state index contributed by atoms with van der Waals surface area (Å²) in [7, 11) is -3.53. The van der Waals surface area contributed by atoms with Crippen molar-refractivity contribution in [1.82, 2.24) is 9.62 Å². The molecule has 1 saturated heterocycles. The molecule has 0 atom stereocenters. The van der Waals surface area contributed by atoms with Gasteiger partial charge < -0.3 is 10.4 Å². The fourth-order valence-corrected chi connectivity index (χ4v) is 4.98. The average molecular weight is 361 g/mol. The van der Waals surface area contributed by atoms with Crippen molar-refractivity contribution in [2.75, 3.05) is 19.7 Å². The van der Waals surface area contributed by atoms with Crippen LogP contribution in [0.15, 0.2) is 16.3 Å². The van der Waals surface area contributed by atoms with E-state index in [4.69, 9.17) is 0 Å². The SMILES string of the molecule is CC1CCN(S(=O)(=O)c2csc(C(=O)NC(C)(C)CO)c2)CC1. The van der Waals surface area contributed by atoms with E-state index < -0.39 is 15.6 Å². The Bertz CT molecular complexity index is 659. The highest BCUT2D eigenvalue weighted by Crippen LogP contribution is 2.26. The number of carbonyl (C=O) groups is 1. The molecule has 0 spiro atoms. The molecule has 8 heteroatoms. The van der Waals surface area contributed by atoms with Crippen molar-refractivity contribution >= 4 is 27.3 Å². The molecule has 0 aromatic carbocycles. The smallest absolute Gasteiger partial charge is 0.261 e. The summed E-state index contributed by atoms with van der Waals surface area (Å²) in [5.41, 5.74) is -0.747. The molecule has 0 unspecified atom stereocenters. The first kappa shape index (κ1) is 18.4. The van der Waals surface area contributed by atoms with Crippen molar-refractivity contribution in [3.8, 4) is 0 Å². The van der Waals surface area contributed by atoms with Gasteiger partial charge in [-0.1, -0.05) is 6.92 Å². The first-order valence-electron chi connectivity index (χ1n) is 7.68. The van der Waals surface area contributed by atoms with Gasteiger partial charge in [-0.15, -0.1) is 11.3 Å². The number of sulfonamides is 1. The Kier molecular flexibility index (Phi) is 5.50. The first-order valence-corrected chi connectivity index (χ1v) is 10.00. The van der Waals surface area contributed by atoms with Crippen LogP contribution in [0.4, 0.5) is 0 Å². The standard InChI is InChI=1S/C15H24N2O4S2/c1-11-4-6-17(7-5-11)23(20,21)12-8-13(22-9-12)14(19)16-15(2,3)10-18/h8-9,11,18H,4-7,10H2,1-3H3,(H,16,19). The summed E-state index contributed by atoms with van der Waals surface area (Å²) in [6.07, 6.45) is 1.72. The van der Waals surface area contributed by atoms with Gasteiger partial charge in [0.1, 0.15) is 0 Å². The van der Waals surface area contributed by atoms with Gasteiger partial charge in [0, 0.05) is 18.5 Å². The topological polar surface area (TPSA) is 86.7 Å². The maximum absolute atomic E-state index is 12.6. The molecule has 1 fully saturated rings.